The van der Waals surface area contributed by atoms with Gasteiger partial charge in [-0.2, -0.15) is 0 Å². The Hall–Kier alpha value is -3.19. The molecule has 7 heteroatoms. The normalized spacial score (nSPS) is 10.7. The van der Waals surface area contributed by atoms with Gasteiger partial charge < -0.3 is 5.32 Å². The Morgan fingerprint density at radius 1 is 1.08 bits per heavy atom. The molecule has 0 saturated heterocycles. The quantitative estimate of drug-likeness (QED) is 0.621. The lowest BCUT2D eigenvalue weighted by atomic mass is 10.2. The fourth-order valence-electron chi connectivity index (χ4n) is 2.25. The lowest BCUT2D eigenvalue weighted by molar-refractivity contribution is 0.102. The summed E-state index contributed by atoms with van der Waals surface area (Å²) in [6.07, 6.45) is 6.56. The first-order chi connectivity index (χ1) is 11.8. The summed E-state index contributed by atoms with van der Waals surface area (Å²) in [5.41, 5.74) is 2.59. The molecule has 0 radical (unpaired) electrons. The van der Waals surface area contributed by atoms with E-state index in [2.05, 4.69) is 25.3 Å². The summed E-state index contributed by atoms with van der Waals surface area (Å²) in [7, 11) is 0. The number of hydrogen-bond donors (Lipinski definition) is 1. The molecule has 0 aliphatic heterocycles. The van der Waals surface area contributed by atoms with Crippen molar-refractivity contribution in [2.24, 2.45) is 0 Å². The van der Waals surface area contributed by atoms with Gasteiger partial charge in [-0.3, -0.25) is 19.7 Å². The van der Waals surface area contributed by atoms with Crippen LogP contribution in [0.25, 0.3) is 21.6 Å². The SMILES string of the molecule is O=C(Nc1ccc2ncccc2c1)c1csc(-c2cnccn2)n1. The summed E-state index contributed by atoms with van der Waals surface area (Å²) < 4.78 is 0. The second-order valence-corrected chi connectivity index (χ2v) is 5.85. The van der Waals surface area contributed by atoms with Crippen molar-refractivity contribution >= 4 is 33.8 Å². The van der Waals surface area contributed by atoms with Gasteiger partial charge in [0, 0.05) is 35.0 Å². The molecule has 4 rings (SSSR count). The Morgan fingerprint density at radius 3 is 2.92 bits per heavy atom. The highest BCUT2D eigenvalue weighted by atomic mass is 32.1. The summed E-state index contributed by atoms with van der Waals surface area (Å²) in [5, 5.41) is 6.20. The minimum Gasteiger partial charge on any atom is -0.321 e. The number of hydrogen-bond acceptors (Lipinski definition) is 6. The minimum atomic E-state index is -0.260. The number of amides is 1. The Kier molecular flexibility index (Phi) is 3.68. The van der Waals surface area contributed by atoms with Gasteiger partial charge in [-0.15, -0.1) is 11.3 Å². The van der Waals surface area contributed by atoms with Crippen LogP contribution in [-0.2, 0) is 0 Å². The van der Waals surface area contributed by atoms with Crippen LogP contribution >= 0.6 is 11.3 Å². The van der Waals surface area contributed by atoms with Crippen LogP contribution in [-0.4, -0.2) is 25.8 Å². The van der Waals surface area contributed by atoms with E-state index in [0.717, 1.165) is 10.9 Å². The molecule has 1 aromatic carbocycles. The van der Waals surface area contributed by atoms with Crippen LogP contribution in [0.4, 0.5) is 5.69 Å². The second-order valence-electron chi connectivity index (χ2n) is 4.99. The number of rotatable bonds is 3. The number of anilines is 1. The predicted octanol–water partition coefficient (Wildman–Crippen LogP) is 3.40. The summed E-state index contributed by atoms with van der Waals surface area (Å²) in [5.74, 6) is -0.260. The number of carbonyl (C=O) groups excluding carboxylic acids is 1. The fourth-order valence-corrected chi connectivity index (χ4v) is 3.01. The fraction of sp³-hybridized carbons (Fsp3) is 0. The number of carbonyl (C=O) groups is 1. The maximum absolute atomic E-state index is 12.4. The van der Waals surface area contributed by atoms with Crippen LogP contribution in [0.5, 0.6) is 0 Å². The van der Waals surface area contributed by atoms with Crippen LogP contribution < -0.4 is 5.32 Å². The third kappa shape index (κ3) is 2.84. The van der Waals surface area contributed by atoms with Gasteiger partial charge in [0.1, 0.15) is 16.4 Å². The highest BCUT2D eigenvalue weighted by Crippen LogP contribution is 2.22. The standard InChI is InChI=1S/C17H11N5OS/c23-16(15-10-24-17(22-15)14-9-18-6-7-20-14)21-12-3-4-13-11(8-12)2-1-5-19-13/h1-10H,(H,21,23). The average Bonchev–Trinajstić information content (AvgIpc) is 3.13. The molecule has 1 N–H and O–H groups in total. The van der Waals surface area contributed by atoms with E-state index in [0.29, 0.717) is 22.1 Å². The van der Waals surface area contributed by atoms with Crippen molar-refractivity contribution in [3.8, 4) is 10.7 Å². The molecule has 0 unspecified atom stereocenters. The maximum atomic E-state index is 12.4. The number of fused-ring (bicyclic) bond motifs is 1. The van der Waals surface area contributed by atoms with E-state index in [-0.39, 0.29) is 5.91 Å². The summed E-state index contributed by atoms with van der Waals surface area (Å²) in [6.45, 7) is 0. The topological polar surface area (TPSA) is 80.7 Å². The molecular weight excluding hydrogens is 322 g/mol. The van der Waals surface area contributed by atoms with Crippen LogP contribution in [0.2, 0.25) is 0 Å². The molecule has 6 nitrogen and oxygen atoms in total. The van der Waals surface area contributed by atoms with E-state index in [1.54, 1.807) is 30.2 Å². The zero-order chi connectivity index (χ0) is 16.4. The van der Waals surface area contributed by atoms with Gasteiger partial charge in [-0.1, -0.05) is 6.07 Å². The summed E-state index contributed by atoms with van der Waals surface area (Å²) in [4.78, 5) is 29.2. The first kappa shape index (κ1) is 14.4. The van der Waals surface area contributed by atoms with Crippen molar-refractivity contribution in [1.82, 2.24) is 19.9 Å². The average molecular weight is 333 g/mol. The van der Waals surface area contributed by atoms with Gasteiger partial charge in [-0.05, 0) is 24.3 Å². The molecule has 3 heterocycles. The number of thiazole rings is 1. The van der Waals surface area contributed by atoms with Gasteiger partial charge >= 0.3 is 0 Å². The smallest absolute Gasteiger partial charge is 0.275 e. The largest absolute Gasteiger partial charge is 0.321 e. The van der Waals surface area contributed by atoms with Crippen molar-refractivity contribution in [3.63, 3.8) is 0 Å². The van der Waals surface area contributed by atoms with Crippen LogP contribution in [0.3, 0.4) is 0 Å². The number of nitrogens with zero attached hydrogens (tertiary/aromatic N) is 4. The van der Waals surface area contributed by atoms with E-state index in [1.165, 1.54) is 11.3 Å². The van der Waals surface area contributed by atoms with E-state index < -0.39 is 0 Å². The van der Waals surface area contributed by atoms with Crippen molar-refractivity contribution in [2.45, 2.75) is 0 Å². The van der Waals surface area contributed by atoms with E-state index in [9.17, 15) is 4.79 Å². The highest BCUT2D eigenvalue weighted by molar-refractivity contribution is 7.13. The molecular formula is C17H11N5OS. The predicted molar refractivity (Wildman–Crippen MR) is 92.8 cm³/mol. The molecule has 0 spiro atoms. The Morgan fingerprint density at radius 2 is 2.04 bits per heavy atom. The lowest BCUT2D eigenvalue weighted by Gasteiger charge is -2.04. The van der Waals surface area contributed by atoms with Crippen LogP contribution in [0.15, 0.2) is 60.5 Å². The lowest BCUT2D eigenvalue weighted by Crippen LogP contribution is -2.12. The number of benzene rings is 1. The molecule has 24 heavy (non-hydrogen) atoms. The number of pyridine rings is 1. The zero-order valence-corrected chi connectivity index (χ0v) is 13.2. The molecule has 0 saturated carbocycles. The second kappa shape index (κ2) is 6.13. The van der Waals surface area contributed by atoms with Gasteiger partial charge in [-0.25, -0.2) is 4.98 Å². The molecule has 0 bridgehead atoms. The van der Waals surface area contributed by atoms with Crippen molar-refractivity contribution in [3.05, 3.63) is 66.2 Å². The molecule has 4 aromatic rings. The third-order valence-electron chi connectivity index (χ3n) is 3.38. The molecule has 0 aliphatic rings. The summed E-state index contributed by atoms with van der Waals surface area (Å²) in [6, 6.07) is 9.39. The first-order valence-electron chi connectivity index (χ1n) is 7.18. The zero-order valence-electron chi connectivity index (χ0n) is 12.4. The third-order valence-corrected chi connectivity index (χ3v) is 4.24. The van der Waals surface area contributed by atoms with E-state index >= 15 is 0 Å². The monoisotopic (exact) mass is 333 g/mol. The van der Waals surface area contributed by atoms with E-state index in [1.807, 2.05) is 30.3 Å². The van der Waals surface area contributed by atoms with Gasteiger partial charge in [0.15, 0.2) is 0 Å². The van der Waals surface area contributed by atoms with Crippen molar-refractivity contribution < 1.29 is 4.79 Å². The van der Waals surface area contributed by atoms with Gasteiger partial charge in [0.05, 0.1) is 11.7 Å². The Bertz CT molecular complexity index is 1020. The van der Waals surface area contributed by atoms with Crippen molar-refractivity contribution in [2.75, 3.05) is 5.32 Å². The Balaban J connectivity index is 1.56. The summed E-state index contributed by atoms with van der Waals surface area (Å²) >= 11 is 1.36. The number of aromatic nitrogens is 4. The van der Waals surface area contributed by atoms with Crippen LogP contribution in [0.1, 0.15) is 10.5 Å². The molecule has 0 fully saturated rings. The molecule has 0 atom stereocenters. The molecule has 116 valence electrons. The number of nitrogens with one attached hydrogen (secondary N) is 1. The Labute approximate surface area is 141 Å². The van der Waals surface area contributed by atoms with Gasteiger partial charge in [0.25, 0.3) is 5.91 Å². The molecule has 1 amide bonds. The van der Waals surface area contributed by atoms with E-state index in [4.69, 9.17) is 0 Å². The minimum absolute atomic E-state index is 0.260. The highest BCUT2D eigenvalue weighted by Gasteiger charge is 2.13. The van der Waals surface area contributed by atoms with Crippen molar-refractivity contribution in [1.29, 1.82) is 0 Å². The molecule has 3 aromatic heterocycles. The van der Waals surface area contributed by atoms with Crippen LogP contribution in [0, 0.1) is 0 Å². The first-order valence-corrected chi connectivity index (χ1v) is 8.05. The maximum Gasteiger partial charge on any atom is 0.275 e. The van der Waals surface area contributed by atoms with Gasteiger partial charge in [0.2, 0.25) is 0 Å². The molecule has 0 aliphatic carbocycles.